The van der Waals surface area contributed by atoms with E-state index in [0.717, 1.165) is 6.04 Å². The van der Waals surface area contributed by atoms with E-state index in [4.69, 9.17) is 13.3 Å². The van der Waals surface area contributed by atoms with Gasteiger partial charge in [-0.2, -0.15) is 0 Å². The van der Waals surface area contributed by atoms with Gasteiger partial charge in [0.25, 0.3) is 0 Å². The largest absolute Gasteiger partial charge is 0.505 e. The average Bonchev–Trinajstić information content (AvgIpc) is 2.36. The van der Waals surface area contributed by atoms with Gasteiger partial charge in [0.15, 0.2) is 0 Å². The molecular formula is C16H28O3Si. The zero-order chi connectivity index (χ0) is 15.2. The van der Waals surface area contributed by atoms with E-state index in [1.54, 1.807) is 0 Å². The van der Waals surface area contributed by atoms with E-state index in [2.05, 4.69) is 32.9 Å². The zero-order valence-electron chi connectivity index (χ0n) is 13.7. The lowest BCUT2D eigenvalue weighted by molar-refractivity contribution is 0.0703. The molecule has 0 amide bonds. The first-order chi connectivity index (χ1) is 9.48. The maximum absolute atomic E-state index is 5.94. The predicted octanol–water partition coefficient (Wildman–Crippen LogP) is 3.74. The molecule has 0 saturated heterocycles. The Morgan fingerprint density at radius 1 is 0.850 bits per heavy atom. The quantitative estimate of drug-likeness (QED) is 0.684. The lowest BCUT2D eigenvalue weighted by Crippen LogP contribution is -2.48. The summed E-state index contributed by atoms with van der Waals surface area (Å²) >= 11 is 0. The van der Waals surface area contributed by atoms with Crippen LogP contribution in [-0.2, 0) is 19.3 Å². The average molecular weight is 296 g/mol. The summed E-state index contributed by atoms with van der Waals surface area (Å²) in [7, 11) is -2.61. The first kappa shape index (κ1) is 17.4. The van der Waals surface area contributed by atoms with Crippen LogP contribution in [0.1, 0.15) is 43.0 Å². The van der Waals surface area contributed by atoms with Crippen LogP contribution in [0.25, 0.3) is 0 Å². The highest BCUT2D eigenvalue weighted by molar-refractivity contribution is 6.60. The summed E-state index contributed by atoms with van der Waals surface area (Å²) in [4.78, 5) is 0. The van der Waals surface area contributed by atoms with Crippen LogP contribution in [0.15, 0.2) is 12.1 Å². The maximum atomic E-state index is 5.94. The van der Waals surface area contributed by atoms with Gasteiger partial charge in [0.05, 0.1) is 0 Å². The van der Waals surface area contributed by atoms with Crippen molar-refractivity contribution in [3.63, 3.8) is 0 Å². The minimum atomic E-state index is -2.61. The zero-order valence-corrected chi connectivity index (χ0v) is 14.7. The Morgan fingerprint density at radius 3 is 1.80 bits per heavy atom. The van der Waals surface area contributed by atoms with Gasteiger partial charge in [-0.15, -0.1) is 0 Å². The van der Waals surface area contributed by atoms with Crippen molar-refractivity contribution in [2.24, 2.45) is 0 Å². The topological polar surface area (TPSA) is 27.7 Å². The van der Waals surface area contributed by atoms with Crippen molar-refractivity contribution in [1.29, 1.82) is 0 Å². The lowest BCUT2D eigenvalue weighted by Gasteiger charge is -2.29. The fourth-order valence-corrected chi connectivity index (χ4v) is 5.19. The number of rotatable bonds is 8. The van der Waals surface area contributed by atoms with E-state index in [0.29, 0.717) is 19.8 Å². The lowest BCUT2D eigenvalue weighted by atomic mass is 10.0. The van der Waals surface area contributed by atoms with E-state index >= 15 is 0 Å². The molecule has 0 aliphatic heterocycles. The van der Waals surface area contributed by atoms with E-state index in [1.165, 1.54) is 22.3 Å². The highest BCUT2D eigenvalue weighted by Gasteiger charge is 2.41. The Hall–Kier alpha value is -0.683. The fourth-order valence-electron chi connectivity index (χ4n) is 2.48. The second-order valence-corrected chi connectivity index (χ2v) is 7.61. The molecule has 0 bridgehead atoms. The van der Waals surface area contributed by atoms with Crippen LogP contribution in [0.4, 0.5) is 0 Å². The van der Waals surface area contributed by atoms with E-state index < -0.39 is 8.80 Å². The molecule has 0 spiro atoms. The molecule has 0 radical (unpaired) electrons. The van der Waals surface area contributed by atoms with Gasteiger partial charge in [-0.05, 0) is 58.2 Å². The summed E-state index contributed by atoms with van der Waals surface area (Å²) in [6.45, 7) is 14.3. The summed E-state index contributed by atoms with van der Waals surface area (Å²) in [6, 6.07) is 5.18. The SMILES string of the molecule is CCO[Si](Cc1cc(C)cc(C)c1C)(OCC)OCC. The molecule has 0 unspecified atom stereocenters. The molecule has 0 aliphatic carbocycles. The maximum Gasteiger partial charge on any atom is 0.505 e. The predicted molar refractivity (Wildman–Crippen MR) is 85.0 cm³/mol. The van der Waals surface area contributed by atoms with Crippen molar-refractivity contribution >= 4 is 8.80 Å². The van der Waals surface area contributed by atoms with Crippen LogP contribution in [0, 0.1) is 20.8 Å². The Morgan fingerprint density at radius 2 is 1.35 bits per heavy atom. The first-order valence-corrected chi connectivity index (χ1v) is 9.39. The molecule has 0 saturated carbocycles. The normalized spacial score (nSPS) is 11.9. The van der Waals surface area contributed by atoms with Gasteiger partial charge < -0.3 is 13.3 Å². The van der Waals surface area contributed by atoms with Gasteiger partial charge in [-0.3, -0.25) is 0 Å². The molecule has 114 valence electrons. The number of aryl methyl sites for hydroxylation is 2. The summed E-state index contributed by atoms with van der Waals surface area (Å²) in [5.74, 6) is 0. The second-order valence-electron chi connectivity index (χ2n) is 5.02. The van der Waals surface area contributed by atoms with Gasteiger partial charge in [-0.1, -0.05) is 17.7 Å². The molecule has 0 aromatic heterocycles. The standard InChI is InChI=1S/C16H28O3Si/c1-7-17-20(18-8-2,19-9-3)12-16-11-13(4)10-14(5)15(16)6/h10-11H,7-9,12H2,1-6H3. The third-order valence-electron chi connectivity index (χ3n) is 3.42. The van der Waals surface area contributed by atoms with Gasteiger partial charge >= 0.3 is 8.80 Å². The van der Waals surface area contributed by atoms with E-state index in [9.17, 15) is 0 Å². The van der Waals surface area contributed by atoms with Crippen molar-refractivity contribution in [2.75, 3.05) is 19.8 Å². The van der Waals surface area contributed by atoms with Crippen LogP contribution >= 0.6 is 0 Å². The molecule has 3 nitrogen and oxygen atoms in total. The molecule has 0 heterocycles. The molecule has 0 atom stereocenters. The molecule has 0 fully saturated rings. The molecule has 0 N–H and O–H groups in total. The Balaban J connectivity index is 3.10. The number of benzene rings is 1. The molecular weight excluding hydrogens is 268 g/mol. The Labute approximate surface area is 124 Å². The highest BCUT2D eigenvalue weighted by Crippen LogP contribution is 2.23. The van der Waals surface area contributed by atoms with Crippen molar-refractivity contribution < 1.29 is 13.3 Å². The molecule has 1 rings (SSSR count). The summed E-state index contributed by atoms with van der Waals surface area (Å²) in [5, 5.41) is 0. The van der Waals surface area contributed by atoms with Gasteiger partial charge in [0, 0.05) is 25.9 Å². The Bertz CT molecular complexity index is 415. The van der Waals surface area contributed by atoms with Crippen molar-refractivity contribution in [3.05, 3.63) is 34.4 Å². The number of hydrogen-bond acceptors (Lipinski definition) is 3. The van der Waals surface area contributed by atoms with Crippen LogP contribution in [-0.4, -0.2) is 28.6 Å². The minimum absolute atomic E-state index is 0.621. The summed E-state index contributed by atoms with van der Waals surface area (Å²) in [6.07, 6.45) is 0. The summed E-state index contributed by atoms with van der Waals surface area (Å²) in [5.41, 5.74) is 5.18. The third kappa shape index (κ3) is 4.41. The van der Waals surface area contributed by atoms with Gasteiger partial charge in [-0.25, -0.2) is 0 Å². The minimum Gasteiger partial charge on any atom is -0.374 e. The van der Waals surface area contributed by atoms with Crippen LogP contribution in [0.5, 0.6) is 0 Å². The van der Waals surface area contributed by atoms with E-state index in [-0.39, 0.29) is 0 Å². The molecule has 20 heavy (non-hydrogen) atoms. The number of hydrogen-bond donors (Lipinski definition) is 0. The van der Waals surface area contributed by atoms with Gasteiger partial charge in [0.1, 0.15) is 0 Å². The monoisotopic (exact) mass is 296 g/mol. The van der Waals surface area contributed by atoms with Crippen molar-refractivity contribution in [1.82, 2.24) is 0 Å². The van der Waals surface area contributed by atoms with Crippen molar-refractivity contribution in [3.8, 4) is 0 Å². The van der Waals surface area contributed by atoms with Crippen LogP contribution in [0.2, 0.25) is 0 Å². The van der Waals surface area contributed by atoms with Crippen LogP contribution < -0.4 is 0 Å². The third-order valence-corrected chi connectivity index (χ3v) is 6.42. The summed E-state index contributed by atoms with van der Waals surface area (Å²) < 4.78 is 17.8. The fraction of sp³-hybridized carbons (Fsp3) is 0.625. The molecule has 1 aromatic rings. The second kappa shape index (κ2) is 7.93. The molecule has 1 aromatic carbocycles. The molecule has 0 aliphatic rings. The van der Waals surface area contributed by atoms with Gasteiger partial charge in [0.2, 0.25) is 0 Å². The van der Waals surface area contributed by atoms with Crippen LogP contribution in [0.3, 0.4) is 0 Å². The first-order valence-electron chi connectivity index (χ1n) is 7.46. The Kier molecular flexibility index (Phi) is 6.89. The highest BCUT2D eigenvalue weighted by atomic mass is 28.4. The molecule has 4 heteroatoms. The smallest absolute Gasteiger partial charge is 0.374 e. The van der Waals surface area contributed by atoms with E-state index in [1.807, 2.05) is 20.8 Å². The van der Waals surface area contributed by atoms with Crippen molar-refractivity contribution in [2.45, 2.75) is 47.6 Å².